The maximum Gasteiger partial charge on any atom is 0.253 e. The maximum atomic E-state index is 13.2. The highest BCUT2D eigenvalue weighted by atomic mass is 32.2. The molecule has 0 saturated carbocycles. The molecule has 3 heterocycles. The van der Waals surface area contributed by atoms with Crippen LogP contribution in [0.2, 0.25) is 0 Å². The number of nitrogens with zero attached hydrogens (tertiary/aromatic N) is 4. The van der Waals surface area contributed by atoms with E-state index in [9.17, 15) is 4.79 Å². The third kappa shape index (κ3) is 5.30. The van der Waals surface area contributed by atoms with Gasteiger partial charge in [0.05, 0.1) is 17.7 Å². The first-order chi connectivity index (χ1) is 17.1. The fourth-order valence-electron chi connectivity index (χ4n) is 3.83. The van der Waals surface area contributed by atoms with Crippen LogP contribution < -0.4 is 4.74 Å². The highest BCUT2D eigenvalue weighted by Gasteiger charge is 2.34. The van der Waals surface area contributed by atoms with Crippen molar-refractivity contribution in [1.29, 1.82) is 0 Å². The van der Waals surface area contributed by atoms with Gasteiger partial charge in [-0.05, 0) is 43.2 Å². The molecule has 0 aliphatic carbocycles. The van der Waals surface area contributed by atoms with Gasteiger partial charge in [-0.2, -0.15) is 5.10 Å². The Morgan fingerprint density at radius 3 is 2.74 bits per heavy atom. The van der Waals surface area contributed by atoms with Gasteiger partial charge >= 0.3 is 0 Å². The first-order valence-corrected chi connectivity index (χ1v) is 12.3. The number of furan rings is 1. The maximum absolute atomic E-state index is 13.2. The van der Waals surface area contributed by atoms with Crippen molar-refractivity contribution in [2.45, 2.75) is 38.1 Å². The normalized spacial score (nSPS) is 15.3. The summed E-state index contributed by atoms with van der Waals surface area (Å²) in [5, 5.41) is 13.8. The van der Waals surface area contributed by atoms with Gasteiger partial charge in [0.1, 0.15) is 24.2 Å². The van der Waals surface area contributed by atoms with Gasteiger partial charge in [-0.15, -0.1) is 5.10 Å². The summed E-state index contributed by atoms with van der Waals surface area (Å²) in [6.07, 6.45) is 2.21. The van der Waals surface area contributed by atoms with Gasteiger partial charge in [0.2, 0.25) is 5.16 Å². The minimum atomic E-state index is -0.278. The van der Waals surface area contributed by atoms with Crippen molar-refractivity contribution in [2.24, 2.45) is 5.10 Å². The van der Waals surface area contributed by atoms with Crippen LogP contribution >= 0.6 is 11.8 Å². The number of hydrazone groups is 1. The number of hydrogen-bond acceptors (Lipinski definition) is 7. The lowest BCUT2D eigenvalue weighted by Gasteiger charge is -2.19. The molecule has 8 nitrogen and oxygen atoms in total. The average molecular weight is 488 g/mol. The number of amides is 1. The van der Waals surface area contributed by atoms with Crippen LogP contribution in [0.3, 0.4) is 0 Å². The Kier molecular flexibility index (Phi) is 6.67. The molecule has 4 aromatic rings. The zero-order valence-electron chi connectivity index (χ0n) is 19.5. The lowest BCUT2D eigenvalue weighted by molar-refractivity contribution is -0.130. The van der Waals surface area contributed by atoms with Crippen LogP contribution in [0, 0.1) is 13.8 Å². The number of para-hydroxylation sites is 1. The summed E-state index contributed by atoms with van der Waals surface area (Å²) in [4.78, 5) is 17.6. The summed E-state index contributed by atoms with van der Waals surface area (Å²) < 4.78 is 11.4. The van der Waals surface area contributed by atoms with Crippen molar-refractivity contribution in [3.63, 3.8) is 0 Å². The van der Waals surface area contributed by atoms with Crippen LogP contribution in [0.1, 0.15) is 40.7 Å². The predicted octanol–water partition coefficient (Wildman–Crippen LogP) is 5.06. The first-order valence-electron chi connectivity index (χ1n) is 11.3. The van der Waals surface area contributed by atoms with E-state index in [1.807, 2.05) is 74.5 Å². The van der Waals surface area contributed by atoms with Gasteiger partial charge in [0, 0.05) is 6.42 Å². The van der Waals surface area contributed by atoms with Crippen molar-refractivity contribution in [3.05, 3.63) is 95.2 Å². The van der Waals surface area contributed by atoms with E-state index in [0.717, 1.165) is 22.6 Å². The van der Waals surface area contributed by atoms with Crippen LogP contribution in [0.4, 0.5) is 0 Å². The molecule has 0 spiro atoms. The second-order valence-corrected chi connectivity index (χ2v) is 9.24. The standard InChI is InChI=1S/C26H25N5O3S/c1-17-9-11-19(12-10-17)20-14-21(23-8-5-13-33-23)31(30-20)25(32)16-35-26-27-24(28-29-26)15-34-22-7-4-3-6-18(22)2/h3-13,21H,14-16H2,1-2H3,(H,27,28,29)/t21-/m0/s1. The van der Waals surface area contributed by atoms with Crippen LogP contribution in [0.25, 0.3) is 0 Å². The number of benzene rings is 2. The molecule has 1 N–H and O–H groups in total. The van der Waals surface area contributed by atoms with Gasteiger partial charge in [-0.1, -0.05) is 59.8 Å². The fourth-order valence-corrected chi connectivity index (χ4v) is 4.50. The Labute approximate surface area is 207 Å². The SMILES string of the molecule is Cc1ccc(C2=NN(C(=O)CSc3n[nH]c(COc4ccccc4C)n3)[C@H](c3ccco3)C2)cc1. The van der Waals surface area contributed by atoms with Crippen molar-refractivity contribution >= 4 is 23.4 Å². The number of nitrogens with one attached hydrogen (secondary N) is 1. The molecule has 0 bridgehead atoms. The van der Waals surface area contributed by atoms with E-state index in [4.69, 9.17) is 9.15 Å². The highest BCUT2D eigenvalue weighted by Crippen LogP contribution is 2.34. The number of carbonyl (C=O) groups excluding carboxylic acids is 1. The van der Waals surface area contributed by atoms with Crippen LogP contribution in [-0.2, 0) is 11.4 Å². The Bertz CT molecular complexity index is 1330. The molecule has 1 aliphatic heterocycles. The van der Waals surface area contributed by atoms with E-state index in [0.29, 0.717) is 23.2 Å². The Morgan fingerprint density at radius 2 is 1.97 bits per heavy atom. The highest BCUT2D eigenvalue weighted by molar-refractivity contribution is 7.99. The monoisotopic (exact) mass is 487 g/mol. The third-order valence-corrected chi connectivity index (χ3v) is 6.55. The summed E-state index contributed by atoms with van der Waals surface area (Å²) in [6.45, 7) is 4.30. The van der Waals surface area contributed by atoms with Crippen LogP contribution in [0.15, 0.2) is 81.6 Å². The molecule has 9 heteroatoms. The number of ether oxygens (including phenoxy) is 1. The van der Waals surface area contributed by atoms with E-state index in [1.54, 1.807) is 6.26 Å². The summed E-state index contributed by atoms with van der Waals surface area (Å²) in [7, 11) is 0. The van der Waals surface area contributed by atoms with Gasteiger partial charge in [-0.3, -0.25) is 9.89 Å². The number of aromatic amines is 1. The molecule has 1 aliphatic rings. The molecular formula is C26H25N5O3S. The molecule has 5 rings (SSSR count). The van der Waals surface area contributed by atoms with E-state index in [2.05, 4.69) is 20.3 Å². The van der Waals surface area contributed by atoms with Crippen LogP contribution in [-0.4, -0.2) is 37.6 Å². The van der Waals surface area contributed by atoms with Gasteiger partial charge < -0.3 is 9.15 Å². The quantitative estimate of drug-likeness (QED) is 0.349. The molecule has 1 atom stereocenters. The molecule has 0 unspecified atom stereocenters. The topological polar surface area (TPSA) is 96.6 Å². The van der Waals surface area contributed by atoms with E-state index in [1.165, 1.54) is 22.3 Å². The van der Waals surface area contributed by atoms with Gasteiger partial charge in [-0.25, -0.2) is 9.99 Å². The predicted molar refractivity (Wildman–Crippen MR) is 133 cm³/mol. The van der Waals surface area contributed by atoms with E-state index < -0.39 is 0 Å². The number of aryl methyl sites for hydroxylation is 2. The number of hydrogen-bond donors (Lipinski definition) is 1. The van der Waals surface area contributed by atoms with Crippen molar-refractivity contribution in [1.82, 2.24) is 20.2 Å². The summed E-state index contributed by atoms with van der Waals surface area (Å²) in [5.74, 6) is 2.12. The average Bonchev–Trinajstić information content (AvgIpc) is 3.63. The number of aromatic nitrogens is 3. The second kappa shape index (κ2) is 10.2. The lowest BCUT2D eigenvalue weighted by atomic mass is 10.0. The fraction of sp³-hybridized carbons (Fsp3) is 0.231. The van der Waals surface area contributed by atoms with Gasteiger partial charge in [0.15, 0.2) is 5.82 Å². The van der Waals surface area contributed by atoms with Crippen LogP contribution in [0.5, 0.6) is 5.75 Å². The third-order valence-electron chi connectivity index (χ3n) is 5.72. The van der Waals surface area contributed by atoms with E-state index >= 15 is 0 Å². The molecule has 2 aromatic heterocycles. The van der Waals surface area contributed by atoms with E-state index in [-0.39, 0.29) is 24.3 Å². The molecule has 2 aromatic carbocycles. The number of thioether (sulfide) groups is 1. The molecule has 0 fully saturated rings. The molecule has 1 amide bonds. The Balaban J connectivity index is 1.24. The first kappa shape index (κ1) is 22.9. The largest absolute Gasteiger partial charge is 0.485 e. The lowest BCUT2D eigenvalue weighted by Crippen LogP contribution is -2.28. The minimum Gasteiger partial charge on any atom is -0.485 e. The van der Waals surface area contributed by atoms with Gasteiger partial charge in [0.25, 0.3) is 5.91 Å². The number of carbonyl (C=O) groups is 1. The molecular weight excluding hydrogens is 462 g/mol. The number of rotatable bonds is 8. The smallest absolute Gasteiger partial charge is 0.253 e. The molecule has 0 radical (unpaired) electrons. The summed E-state index contributed by atoms with van der Waals surface area (Å²) in [6, 6.07) is 19.4. The molecule has 35 heavy (non-hydrogen) atoms. The van der Waals surface area contributed by atoms with Crippen molar-refractivity contribution in [3.8, 4) is 5.75 Å². The second-order valence-electron chi connectivity index (χ2n) is 8.29. The zero-order chi connectivity index (χ0) is 24.2. The van der Waals surface area contributed by atoms with Crippen molar-refractivity contribution in [2.75, 3.05) is 5.75 Å². The number of H-pyrrole nitrogens is 1. The molecule has 178 valence electrons. The van der Waals surface area contributed by atoms with Crippen molar-refractivity contribution < 1.29 is 13.9 Å². The summed E-state index contributed by atoms with van der Waals surface area (Å²) >= 11 is 1.26. The summed E-state index contributed by atoms with van der Waals surface area (Å²) in [5.41, 5.74) is 4.09. The Morgan fingerprint density at radius 1 is 1.14 bits per heavy atom. The molecule has 0 saturated heterocycles. The minimum absolute atomic E-state index is 0.138. The Hall–Kier alpha value is -3.85. The zero-order valence-corrected chi connectivity index (χ0v) is 20.3.